The van der Waals surface area contributed by atoms with Gasteiger partial charge in [0.25, 0.3) is 0 Å². The van der Waals surface area contributed by atoms with Crippen LogP contribution in [0.25, 0.3) is 0 Å². The quantitative estimate of drug-likeness (QED) is 0.450. The van der Waals surface area contributed by atoms with Crippen LogP contribution in [-0.2, 0) is 0 Å². The maximum atomic E-state index is 3.51. The summed E-state index contributed by atoms with van der Waals surface area (Å²) >= 11 is 0. The largest absolute Gasteiger partial charge is 0.313 e. The summed E-state index contributed by atoms with van der Waals surface area (Å²) in [5.74, 6) is 5.99. The Labute approximate surface area is 96.0 Å². The van der Waals surface area contributed by atoms with Crippen molar-refractivity contribution in [1.29, 1.82) is 0 Å². The van der Waals surface area contributed by atoms with E-state index in [1.54, 1.807) is 0 Å². The van der Waals surface area contributed by atoms with Gasteiger partial charge in [-0.2, -0.15) is 0 Å². The normalized spacial score (nSPS) is 11.9. The second-order valence-electron chi connectivity index (χ2n) is 4.23. The first kappa shape index (κ1) is 14.5. The van der Waals surface area contributed by atoms with Crippen molar-refractivity contribution in [2.45, 2.75) is 71.8 Å². The number of hydrogen-bond acceptors (Lipinski definition) is 1. The molecule has 1 heteroatoms. The van der Waals surface area contributed by atoms with E-state index in [4.69, 9.17) is 0 Å². The molecule has 0 aromatic carbocycles. The number of unbranched alkanes of at least 4 members (excludes halogenated alkanes) is 4. The topological polar surface area (TPSA) is 12.0 Å². The summed E-state index contributed by atoms with van der Waals surface area (Å²) < 4.78 is 0. The molecule has 1 atom stereocenters. The molecule has 0 saturated heterocycles. The monoisotopic (exact) mass is 209 g/mol. The van der Waals surface area contributed by atoms with Gasteiger partial charge in [-0.3, -0.25) is 0 Å². The van der Waals surface area contributed by atoms with E-state index in [2.05, 4.69) is 31.0 Å². The van der Waals surface area contributed by atoms with E-state index in [0.717, 1.165) is 13.0 Å². The summed E-state index contributed by atoms with van der Waals surface area (Å²) in [6, 6.07) is 0.658. The zero-order valence-electron chi connectivity index (χ0n) is 10.7. The van der Waals surface area contributed by atoms with E-state index >= 15 is 0 Å². The fraction of sp³-hybridized carbons (Fsp3) is 0.857. The molecular weight excluding hydrogens is 182 g/mol. The van der Waals surface area contributed by atoms with Crippen LogP contribution in [0, 0.1) is 11.8 Å². The smallest absolute Gasteiger partial charge is 0.0214 e. The third-order valence-corrected chi connectivity index (χ3v) is 2.66. The van der Waals surface area contributed by atoms with Gasteiger partial charge < -0.3 is 5.32 Å². The maximum absolute atomic E-state index is 3.51. The Balaban J connectivity index is 3.17. The third kappa shape index (κ3) is 11.4. The molecule has 0 aliphatic heterocycles. The molecule has 1 N–H and O–H groups in total. The number of rotatable bonds is 9. The summed E-state index contributed by atoms with van der Waals surface area (Å²) in [5, 5.41) is 3.51. The van der Waals surface area contributed by atoms with Gasteiger partial charge in [-0.05, 0) is 20.3 Å². The second-order valence-corrected chi connectivity index (χ2v) is 4.23. The van der Waals surface area contributed by atoms with Crippen LogP contribution in [-0.4, -0.2) is 12.6 Å². The standard InChI is InChI=1S/C14H27N/c1-4-6-8-9-10-12-14(3)15-13-11-7-5-2/h14-15H,4,6,8-13H2,1-3H3. The summed E-state index contributed by atoms with van der Waals surface area (Å²) in [6.07, 6.45) is 9.20. The first-order valence-electron chi connectivity index (χ1n) is 6.44. The molecule has 0 saturated carbocycles. The Hall–Kier alpha value is -0.480. The van der Waals surface area contributed by atoms with Crippen LogP contribution in [0.15, 0.2) is 0 Å². The Bertz CT molecular complexity index is 176. The van der Waals surface area contributed by atoms with Crippen LogP contribution in [0.5, 0.6) is 0 Å². The molecule has 0 bridgehead atoms. The Morgan fingerprint density at radius 3 is 2.53 bits per heavy atom. The SMILES string of the molecule is CC#CCCNC(C)CCCCCCC. The molecule has 0 radical (unpaired) electrons. The van der Waals surface area contributed by atoms with Crippen LogP contribution in [0.2, 0.25) is 0 Å². The average Bonchev–Trinajstić information content (AvgIpc) is 2.24. The molecule has 0 aromatic rings. The molecule has 0 heterocycles. The predicted octanol–water partition coefficient (Wildman–Crippen LogP) is 3.74. The van der Waals surface area contributed by atoms with Gasteiger partial charge in [-0.1, -0.05) is 39.0 Å². The number of nitrogens with one attached hydrogen (secondary N) is 1. The summed E-state index contributed by atoms with van der Waals surface area (Å²) in [5.41, 5.74) is 0. The van der Waals surface area contributed by atoms with Crippen molar-refractivity contribution < 1.29 is 0 Å². The zero-order valence-corrected chi connectivity index (χ0v) is 10.7. The van der Waals surface area contributed by atoms with Crippen LogP contribution >= 0.6 is 0 Å². The van der Waals surface area contributed by atoms with E-state index in [1.807, 2.05) is 6.92 Å². The van der Waals surface area contributed by atoms with Gasteiger partial charge in [0.05, 0.1) is 0 Å². The molecule has 0 amide bonds. The zero-order chi connectivity index (χ0) is 11.4. The fourth-order valence-corrected chi connectivity index (χ4v) is 1.66. The van der Waals surface area contributed by atoms with Crippen molar-refractivity contribution in [2.24, 2.45) is 0 Å². The van der Waals surface area contributed by atoms with Crippen molar-refractivity contribution in [3.63, 3.8) is 0 Å². The van der Waals surface area contributed by atoms with E-state index in [0.29, 0.717) is 6.04 Å². The first-order chi connectivity index (χ1) is 7.31. The molecule has 88 valence electrons. The molecule has 1 nitrogen and oxygen atoms in total. The highest BCUT2D eigenvalue weighted by Crippen LogP contribution is 2.06. The highest BCUT2D eigenvalue weighted by molar-refractivity contribution is 4.95. The molecule has 0 rings (SSSR count). The molecule has 0 aliphatic carbocycles. The van der Waals surface area contributed by atoms with Crippen LogP contribution < -0.4 is 5.32 Å². The van der Waals surface area contributed by atoms with Crippen LogP contribution in [0.3, 0.4) is 0 Å². The highest BCUT2D eigenvalue weighted by Gasteiger charge is 1.99. The lowest BCUT2D eigenvalue weighted by Gasteiger charge is -2.12. The fourth-order valence-electron chi connectivity index (χ4n) is 1.66. The van der Waals surface area contributed by atoms with E-state index < -0.39 is 0 Å². The van der Waals surface area contributed by atoms with Crippen molar-refractivity contribution in [1.82, 2.24) is 5.32 Å². The molecule has 1 unspecified atom stereocenters. The molecule has 0 aromatic heterocycles. The summed E-state index contributed by atoms with van der Waals surface area (Å²) in [6.45, 7) is 7.48. The van der Waals surface area contributed by atoms with Gasteiger partial charge in [0.2, 0.25) is 0 Å². The second kappa shape index (κ2) is 11.6. The minimum Gasteiger partial charge on any atom is -0.313 e. The van der Waals surface area contributed by atoms with Crippen molar-refractivity contribution in [3.8, 4) is 11.8 Å². The van der Waals surface area contributed by atoms with Crippen molar-refractivity contribution in [3.05, 3.63) is 0 Å². The molecule has 0 fully saturated rings. The van der Waals surface area contributed by atoms with Crippen molar-refractivity contribution in [2.75, 3.05) is 6.54 Å². The Kier molecular flexibility index (Phi) is 11.2. The summed E-state index contributed by atoms with van der Waals surface area (Å²) in [4.78, 5) is 0. The molecule has 0 aliphatic rings. The van der Waals surface area contributed by atoms with E-state index in [9.17, 15) is 0 Å². The highest BCUT2D eigenvalue weighted by atomic mass is 14.9. The average molecular weight is 209 g/mol. The summed E-state index contributed by atoms with van der Waals surface area (Å²) in [7, 11) is 0. The molecule has 0 spiro atoms. The third-order valence-electron chi connectivity index (χ3n) is 2.66. The minimum absolute atomic E-state index is 0.658. The lowest BCUT2D eigenvalue weighted by Crippen LogP contribution is -2.26. The van der Waals surface area contributed by atoms with Gasteiger partial charge in [-0.25, -0.2) is 0 Å². The molecular formula is C14H27N. The van der Waals surface area contributed by atoms with E-state index in [-0.39, 0.29) is 0 Å². The first-order valence-corrected chi connectivity index (χ1v) is 6.44. The number of hydrogen-bond donors (Lipinski definition) is 1. The van der Waals surface area contributed by atoms with Gasteiger partial charge in [0, 0.05) is 19.0 Å². The Morgan fingerprint density at radius 1 is 1.13 bits per heavy atom. The van der Waals surface area contributed by atoms with Crippen LogP contribution in [0.4, 0.5) is 0 Å². The van der Waals surface area contributed by atoms with Crippen LogP contribution in [0.1, 0.15) is 65.7 Å². The Morgan fingerprint density at radius 2 is 1.87 bits per heavy atom. The predicted molar refractivity (Wildman–Crippen MR) is 68.9 cm³/mol. The van der Waals surface area contributed by atoms with Gasteiger partial charge >= 0.3 is 0 Å². The van der Waals surface area contributed by atoms with Gasteiger partial charge in [0.15, 0.2) is 0 Å². The van der Waals surface area contributed by atoms with Crippen molar-refractivity contribution >= 4 is 0 Å². The van der Waals surface area contributed by atoms with Gasteiger partial charge in [0.1, 0.15) is 0 Å². The minimum atomic E-state index is 0.658. The lowest BCUT2D eigenvalue weighted by molar-refractivity contribution is 0.486. The lowest BCUT2D eigenvalue weighted by atomic mass is 10.1. The van der Waals surface area contributed by atoms with Gasteiger partial charge in [-0.15, -0.1) is 11.8 Å². The maximum Gasteiger partial charge on any atom is 0.0214 e. The molecule has 15 heavy (non-hydrogen) atoms. The van der Waals surface area contributed by atoms with E-state index in [1.165, 1.54) is 38.5 Å².